The normalized spacial score (nSPS) is 11.2. The van der Waals surface area contributed by atoms with E-state index >= 15 is 0 Å². The van der Waals surface area contributed by atoms with Crippen LogP contribution >= 0.6 is 15.9 Å². The number of anilines is 1. The third-order valence-electron chi connectivity index (χ3n) is 1.40. The smallest absolute Gasteiger partial charge is 0.232 e. The van der Waals surface area contributed by atoms with Crippen LogP contribution in [0.3, 0.4) is 0 Å². The highest BCUT2D eigenvalue weighted by atomic mass is 79.9. The number of pyridine rings is 1. The van der Waals surface area contributed by atoms with E-state index < -0.39 is 10.0 Å². The molecular weight excluding hydrogens is 256 g/mol. The Labute approximate surface area is 85.6 Å². The molecule has 72 valence electrons. The van der Waals surface area contributed by atoms with Gasteiger partial charge in [-0.15, -0.1) is 0 Å². The summed E-state index contributed by atoms with van der Waals surface area (Å²) in [6.45, 7) is 1.58. The van der Waals surface area contributed by atoms with Crippen molar-refractivity contribution in [1.82, 2.24) is 4.98 Å². The molecule has 0 saturated carbocycles. The van der Waals surface area contributed by atoms with Gasteiger partial charge in [-0.1, -0.05) is 0 Å². The summed E-state index contributed by atoms with van der Waals surface area (Å²) in [5.41, 5.74) is 0.462. The van der Waals surface area contributed by atoms with E-state index in [-0.39, 0.29) is 5.75 Å². The summed E-state index contributed by atoms with van der Waals surface area (Å²) in [5, 5.41) is 0. The molecule has 1 heterocycles. The van der Waals surface area contributed by atoms with E-state index in [4.69, 9.17) is 0 Å². The molecule has 0 saturated heterocycles. The van der Waals surface area contributed by atoms with Gasteiger partial charge in [0, 0.05) is 6.20 Å². The standard InChI is InChI=1S/C7H9BrN2O2S/c1-2-13(11,12)10-6-4-3-5-9-7(6)8/h3-5,10H,2H2,1H3. The molecule has 0 fully saturated rings. The van der Waals surface area contributed by atoms with Gasteiger partial charge in [0.1, 0.15) is 4.60 Å². The van der Waals surface area contributed by atoms with Gasteiger partial charge < -0.3 is 0 Å². The van der Waals surface area contributed by atoms with Gasteiger partial charge in [-0.25, -0.2) is 13.4 Å². The molecule has 0 radical (unpaired) electrons. The average molecular weight is 265 g/mol. The molecule has 0 aromatic carbocycles. The molecule has 1 aromatic heterocycles. The molecule has 4 nitrogen and oxygen atoms in total. The first-order valence-electron chi connectivity index (χ1n) is 3.66. The molecular formula is C7H9BrN2O2S. The first-order chi connectivity index (χ1) is 6.05. The molecule has 0 atom stereocenters. The van der Waals surface area contributed by atoms with Gasteiger partial charge >= 0.3 is 0 Å². The zero-order chi connectivity index (χ0) is 9.90. The number of nitrogens with one attached hydrogen (secondary N) is 1. The fourth-order valence-electron chi connectivity index (χ4n) is 0.702. The summed E-state index contributed by atoms with van der Waals surface area (Å²) >= 11 is 3.14. The summed E-state index contributed by atoms with van der Waals surface area (Å²) in [4.78, 5) is 3.89. The van der Waals surface area contributed by atoms with Crippen LogP contribution in [0.2, 0.25) is 0 Å². The van der Waals surface area contributed by atoms with Crippen molar-refractivity contribution in [3.05, 3.63) is 22.9 Å². The number of sulfonamides is 1. The molecule has 0 spiro atoms. The number of aromatic nitrogens is 1. The molecule has 0 aliphatic heterocycles. The highest BCUT2D eigenvalue weighted by Crippen LogP contribution is 2.19. The monoisotopic (exact) mass is 264 g/mol. The zero-order valence-corrected chi connectivity index (χ0v) is 9.39. The molecule has 0 aliphatic carbocycles. The van der Waals surface area contributed by atoms with E-state index in [0.29, 0.717) is 10.3 Å². The van der Waals surface area contributed by atoms with E-state index in [1.807, 2.05) is 0 Å². The lowest BCUT2D eigenvalue weighted by molar-refractivity contribution is 0.602. The maximum Gasteiger partial charge on any atom is 0.232 e. The summed E-state index contributed by atoms with van der Waals surface area (Å²) in [5.74, 6) is 0.0499. The van der Waals surface area contributed by atoms with Crippen LogP contribution in [0.4, 0.5) is 5.69 Å². The van der Waals surface area contributed by atoms with Crippen LogP contribution in [0, 0.1) is 0 Å². The lowest BCUT2D eigenvalue weighted by Gasteiger charge is -2.06. The van der Waals surface area contributed by atoms with Crippen molar-refractivity contribution in [2.24, 2.45) is 0 Å². The Morgan fingerprint density at radius 2 is 2.31 bits per heavy atom. The largest absolute Gasteiger partial charge is 0.281 e. The second kappa shape index (κ2) is 4.06. The predicted molar refractivity (Wildman–Crippen MR) is 55.0 cm³/mol. The number of halogens is 1. The van der Waals surface area contributed by atoms with Crippen molar-refractivity contribution < 1.29 is 8.42 Å². The van der Waals surface area contributed by atoms with Crippen molar-refractivity contribution in [1.29, 1.82) is 0 Å². The molecule has 1 rings (SSSR count). The molecule has 13 heavy (non-hydrogen) atoms. The average Bonchev–Trinajstić information content (AvgIpc) is 2.09. The first-order valence-corrected chi connectivity index (χ1v) is 6.10. The summed E-state index contributed by atoms with van der Waals surface area (Å²) in [6, 6.07) is 3.31. The van der Waals surface area contributed by atoms with E-state index in [2.05, 4.69) is 25.6 Å². The van der Waals surface area contributed by atoms with Crippen LogP contribution in [0.5, 0.6) is 0 Å². The highest BCUT2D eigenvalue weighted by molar-refractivity contribution is 9.10. The van der Waals surface area contributed by atoms with Crippen LogP contribution in [-0.4, -0.2) is 19.2 Å². The van der Waals surface area contributed by atoms with Crippen LogP contribution in [0.1, 0.15) is 6.92 Å². The number of hydrogen-bond donors (Lipinski definition) is 1. The Balaban J connectivity index is 2.93. The number of nitrogens with zero attached hydrogens (tertiary/aromatic N) is 1. The molecule has 6 heteroatoms. The minimum absolute atomic E-state index is 0.0499. The minimum Gasteiger partial charge on any atom is -0.281 e. The van der Waals surface area contributed by atoms with Gasteiger partial charge in [-0.05, 0) is 35.0 Å². The molecule has 0 aliphatic rings. The van der Waals surface area contributed by atoms with Gasteiger partial charge in [0.25, 0.3) is 0 Å². The van der Waals surface area contributed by atoms with E-state index in [1.54, 1.807) is 25.3 Å². The van der Waals surface area contributed by atoms with Crippen molar-refractivity contribution in [2.75, 3.05) is 10.5 Å². The number of rotatable bonds is 3. The van der Waals surface area contributed by atoms with Crippen molar-refractivity contribution in [2.45, 2.75) is 6.92 Å². The van der Waals surface area contributed by atoms with Gasteiger partial charge in [-0.3, -0.25) is 4.72 Å². The third-order valence-corrected chi connectivity index (χ3v) is 3.33. The Kier molecular flexibility index (Phi) is 3.27. The zero-order valence-electron chi connectivity index (χ0n) is 6.99. The second-order valence-electron chi connectivity index (χ2n) is 2.35. The molecule has 1 aromatic rings. The van der Waals surface area contributed by atoms with Crippen molar-refractivity contribution in [3.8, 4) is 0 Å². The van der Waals surface area contributed by atoms with Crippen LogP contribution < -0.4 is 4.72 Å². The van der Waals surface area contributed by atoms with E-state index in [0.717, 1.165) is 0 Å². The summed E-state index contributed by atoms with van der Waals surface area (Å²) < 4.78 is 25.2. The van der Waals surface area contributed by atoms with Gasteiger partial charge in [0.15, 0.2) is 0 Å². The first kappa shape index (κ1) is 10.5. The lowest BCUT2D eigenvalue weighted by atomic mass is 10.4. The lowest BCUT2D eigenvalue weighted by Crippen LogP contribution is -2.15. The molecule has 0 bridgehead atoms. The van der Waals surface area contributed by atoms with Gasteiger partial charge in [0.05, 0.1) is 11.4 Å². The number of hydrogen-bond acceptors (Lipinski definition) is 3. The second-order valence-corrected chi connectivity index (χ2v) is 5.11. The van der Waals surface area contributed by atoms with Crippen molar-refractivity contribution >= 4 is 31.6 Å². The fourth-order valence-corrected chi connectivity index (χ4v) is 1.83. The maximum atomic E-state index is 11.2. The highest BCUT2D eigenvalue weighted by Gasteiger charge is 2.08. The van der Waals surface area contributed by atoms with Gasteiger partial charge in [0.2, 0.25) is 10.0 Å². The predicted octanol–water partition coefficient (Wildman–Crippen LogP) is 1.61. The van der Waals surface area contributed by atoms with Gasteiger partial charge in [-0.2, -0.15) is 0 Å². The molecule has 0 unspecified atom stereocenters. The van der Waals surface area contributed by atoms with E-state index in [1.165, 1.54) is 0 Å². The SMILES string of the molecule is CCS(=O)(=O)Nc1cccnc1Br. The Morgan fingerprint density at radius 3 is 2.85 bits per heavy atom. The van der Waals surface area contributed by atoms with Crippen LogP contribution in [-0.2, 0) is 10.0 Å². The third kappa shape index (κ3) is 2.96. The fraction of sp³-hybridized carbons (Fsp3) is 0.286. The topological polar surface area (TPSA) is 59.1 Å². The Morgan fingerprint density at radius 1 is 1.62 bits per heavy atom. The van der Waals surface area contributed by atoms with Crippen molar-refractivity contribution in [3.63, 3.8) is 0 Å². The molecule has 1 N–H and O–H groups in total. The Hall–Kier alpha value is -0.620. The van der Waals surface area contributed by atoms with E-state index in [9.17, 15) is 8.42 Å². The van der Waals surface area contributed by atoms with Crippen LogP contribution in [0.25, 0.3) is 0 Å². The maximum absolute atomic E-state index is 11.2. The molecule has 0 amide bonds. The summed E-state index contributed by atoms with van der Waals surface area (Å²) in [7, 11) is -3.22. The minimum atomic E-state index is -3.22. The Bertz CT molecular complexity index is 391. The summed E-state index contributed by atoms with van der Waals surface area (Å²) in [6.07, 6.45) is 1.58. The van der Waals surface area contributed by atoms with Crippen LogP contribution in [0.15, 0.2) is 22.9 Å². The quantitative estimate of drug-likeness (QED) is 0.844.